The highest BCUT2D eigenvalue weighted by Gasteiger charge is 2.23. The summed E-state index contributed by atoms with van der Waals surface area (Å²) in [6.07, 6.45) is 2.88. The number of rotatable bonds is 5. The van der Waals surface area contributed by atoms with Gasteiger partial charge in [0.15, 0.2) is 0 Å². The van der Waals surface area contributed by atoms with Gasteiger partial charge in [-0.05, 0) is 59.7 Å². The molecule has 1 aromatic heterocycles. The minimum Gasteiger partial charge on any atom is -0.497 e. The van der Waals surface area contributed by atoms with Crippen molar-refractivity contribution in [3.63, 3.8) is 0 Å². The summed E-state index contributed by atoms with van der Waals surface area (Å²) in [5.74, 6) is 0.970. The molecule has 27 heavy (non-hydrogen) atoms. The SMILES string of the molecule is COc1ccc2c(c1)-c1sc(C(=O)N(C)CCc3ccccc3)cc1CC2. The Labute approximate surface area is 164 Å². The molecule has 1 aliphatic rings. The third-order valence-electron chi connectivity index (χ3n) is 5.17. The first-order chi connectivity index (χ1) is 13.2. The quantitative estimate of drug-likeness (QED) is 0.637. The molecule has 0 spiro atoms. The Hall–Kier alpha value is -2.59. The smallest absolute Gasteiger partial charge is 0.263 e. The molecule has 0 unspecified atom stereocenters. The molecule has 4 heteroatoms. The Kier molecular flexibility index (Phi) is 4.99. The predicted octanol–water partition coefficient (Wildman–Crippen LogP) is 4.84. The van der Waals surface area contributed by atoms with Crippen molar-refractivity contribution in [2.75, 3.05) is 20.7 Å². The number of likely N-dealkylation sites (N-methyl/N-ethyl adjacent to an activating group) is 1. The fourth-order valence-electron chi connectivity index (χ4n) is 3.56. The second kappa shape index (κ2) is 7.57. The molecule has 0 aliphatic heterocycles. The summed E-state index contributed by atoms with van der Waals surface area (Å²) in [7, 11) is 3.58. The molecule has 138 valence electrons. The van der Waals surface area contributed by atoms with Gasteiger partial charge in [0.1, 0.15) is 5.75 Å². The average Bonchev–Trinajstić information content (AvgIpc) is 3.16. The van der Waals surface area contributed by atoms with Crippen molar-refractivity contribution < 1.29 is 9.53 Å². The van der Waals surface area contributed by atoms with Gasteiger partial charge in [0, 0.05) is 18.5 Å². The zero-order valence-electron chi connectivity index (χ0n) is 15.7. The molecule has 4 rings (SSSR count). The summed E-state index contributed by atoms with van der Waals surface area (Å²) < 4.78 is 5.39. The summed E-state index contributed by atoms with van der Waals surface area (Å²) in [6.45, 7) is 0.718. The van der Waals surface area contributed by atoms with E-state index in [1.54, 1.807) is 18.4 Å². The largest absolute Gasteiger partial charge is 0.497 e. The third-order valence-corrected chi connectivity index (χ3v) is 6.37. The summed E-state index contributed by atoms with van der Waals surface area (Å²) in [5.41, 5.74) is 5.08. The lowest BCUT2D eigenvalue weighted by Gasteiger charge is -2.16. The van der Waals surface area contributed by atoms with Crippen molar-refractivity contribution in [2.45, 2.75) is 19.3 Å². The Morgan fingerprint density at radius 1 is 1.07 bits per heavy atom. The van der Waals surface area contributed by atoms with Gasteiger partial charge in [0.05, 0.1) is 12.0 Å². The molecule has 1 aliphatic carbocycles. The molecule has 0 radical (unpaired) electrons. The molecule has 0 N–H and O–H groups in total. The molecule has 1 amide bonds. The van der Waals surface area contributed by atoms with Gasteiger partial charge >= 0.3 is 0 Å². The summed E-state index contributed by atoms with van der Waals surface area (Å²) in [4.78, 5) is 16.8. The summed E-state index contributed by atoms with van der Waals surface area (Å²) >= 11 is 1.61. The minimum atomic E-state index is 0.106. The van der Waals surface area contributed by atoms with Gasteiger partial charge in [0.25, 0.3) is 5.91 Å². The van der Waals surface area contributed by atoms with Crippen LogP contribution in [-0.2, 0) is 19.3 Å². The highest BCUT2D eigenvalue weighted by molar-refractivity contribution is 7.17. The number of aryl methyl sites for hydroxylation is 2. The zero-order valence-corrected chi connectivity index (χ0v) is 16.5. The van der Waals surface area contributed by atoms with E-state index in [1.807, 2.05) is 36.2 Å². The molecule has 0 fully saturated rings. The van der Waals surface area contributed by atoms with E-state index in [2.05, 4.69) is 30.3 Å². The van der Waals surface area contributed by atoms with Gasteiger partial charge < -0.3 is 9.64 Å². The van der Waals surface area contributed by atoms with Crippen LogP contribution in [0.5, 0.6) is 5.75 Å². The standard InChI is InChI=1S/C23H23NO2S/c1-24(13-12-16-6-4-3-5-7-16)23(25)21-14-18-9-8-17-10-11-19(26-2)15-20(17)22(18)27-21/h3-7,10-11,14-15H,8-9,12-13H2,1-2H3. The number of carbonyl (C=O) groups excluding carboxylic acids is 1. The topological polar surface area (TPSA) is 29.5 Å². The second-order valence-corrected chi connectivity index (χ2v) is 8.00. The second-order valence-electron chi connectivity index (χ2n) is 6.95. The van der Waals surface area contributed by atoms with Crippen molar-refractivity contribution in [1.82, 2.24) is 4.90 Å². The first-order valence-electron chi connectivity index (χ1n) is 9.25. The maximum absolute atomic E-state index is 12.9. The van der Waals surface area contributed by atoms with E-state index < -0.39 is 0 Å². The van der Waals surface area contributed by atoms with Crippen LogP contribution in [0.3, 0.4) is 0 Å². The molecule has 1 heterocycles. The van der Waals surface area contributed by atoms with E-state index in [9.17, 15) is 4.79 Å². The van der Waals surface area contributed by atoms with Crippen LogP contribution in [0, 0.1) is 0 Å². The molecule has 0 bridgehead atoms. The molecule has 3 aromatic rings. The Morgan fingerprint density at radius 3 is 2.63 bits per heavy atom. The van der Waals surface area contributed by atoms with Crippen molar-refractivity contribution in [1.29, 1.82) is 0 Å². The third kappa shape index (κ3) is 3.62. The number of hydrogen-bond acceptors (Lipinski definition) is 3. The molecule has 0 atom stereocenters. The number of ether oxygens (including phenoxy) is 1. The number of nitrogens with zero attached hydrogens (tertiary/aromatic N) is 1. The lowest BCUT2D eigenvalue weighted by Crippen LogP contribution is -2.28. The van der Waals surface area contributed by atoms with E-state index >= 15 is 0 Å². The van der Waals surface area contributed by atoms with Gasteiger partial charge in [-0.15, -0.1) is 11.3 Å². The van der Waals surface area contributed by atoms with E-state index in [-0.39, 0.29) is 5.91 Å². The van der Waals surface area contributed by atoms with Crippen molar-refractivity contribution >= 4 is 17.2 Å². The Morgan fingerprint density at radius 2 is 1.85 bits per heavy atom. The van der Waals surface area contributed by atoms with Gasteiger partial charge in [-0.2, -0.15) is 0 Å². The fourth-order valence-corrected chi connectivity index (χ4v) is 4.82. The van der Waals surface area contributed by atoms with Crippen LogP contribution < -0.4 is 4.74 Å². The van der Waals surface area contributed by atoms with Crippen LogP contribution in [-0.4, -0.2) is 31.5 Å². The van der Waals surface area contributed by atoms with Crippen LogP contribution in [0.25, 0.3) is 10.4 Å². The number of amides is 1. The number of benzene rings is 2. The van der Waals surface area contributed by atoms with E-state index in [1.165, 1.54) is 27.1 Å². The zero-order chi connectivity index (χ0) is 18.8. The number of thiophene rings is 1. The normalized spacial score (nSPS) is 12.2. The van der Waals surface area contributed by atoms with Gasteiger partial charge in [-0.3, -0.25) is 4.79 Å². The highest BCUT2D eigenvalue weighted by Crippen LogP contribution is 2.41. The number of hydrogen-bond donors (Lipinski definition) is 0. The Balaban J connectivity index is 1.53. The first-order valence-corrected chi connectivity index (χ1v) is 10.1. The van der Waals surface area contributed by atoms with Gasteiger partial charge in [-0.1, -0.05) is 36.4 Å². The summed E-state index contributed by atoms with van der Waals surface area (Å²) in [5, 5.41) is 0. The van der Waals surface area contributed by atoms with E-state index in [0.717, 1.165) is 36.4 Å². The van der Waals surface area contributed by atoms with Gasteiger partial charge in [0.2, 0.25) is 0 Å². The maximum Gasteiger partial charge on any atom is 0.263 e. The summed E-state index contributed by atoms with van der Waals surface area (Å²) in [6, 6.07) is 18.6. The number of carbonyl (C=O) groups is 1. The number of fused-ring (bicyclic) bond motifs is 3. The maximum atomic E-state index is 12.9. The lowest BCUT2D eigenvalue weighted by molar-refractivity contribution is 0.0801. The van der Waals surface area contributed by atoms with Crippen molar-refractivity contribution in [2.24, 2.45) is 0 Å². The highest BCUT2D eigenvalue weighted by atomic mass is 32.1. The van der Waals surface area contributed by atoms with Crippen LogP contribution in [0.15, 0.2) is 54.6 Å². The average molecular weight is 378 g/mol. The van der Waals surface area contributed by atoms with Crippen LogP contribution in [0.1, 0.15) is 26.4 Å². The van der Waals surface area contributed by atoms with Crippen LogP contribution in [0.4, 0.5) is 0 Å². The monoisotopic (exact) mass is 377 g/mol. The molecule has 0 saturated heterocycles. The number of methoxy groups -OCH3 is 1. The van der Waals surface area contributed by atoms with Crippen LogP contribution >= 0.6 is 11.3 Å². The molecular weight excluding hydrogens is 354 g/mol. The lowest BCUT2D eigenvalue weighted by atomic mass is 9.91. The fraction of sp³-hybridized carbons (Fsp3) is 0.261. The molecule has 0 saturated carbocycles. The molecule has 3 nitrogen and oxygen atoms in total. The van der Waals surface area contributed by atoms with Crippen molar-refractivity contribution in [3.8, 4) is 16.2 Å². The first kappa shape index (κ1) is 17.8. The van der Waals surface area contributed by atoms with Crippen molar-refractivity contribution in [3.05, 3.63) is 76.2 Å². The van der Waals surface area contributed by atoms with E-state index in [0.29, 0.717) is 0 Å². The minimum absolute atomic E-state index is 0.106. The molecule has 2 aromatic carbocycles. The molecular formula is C23H23NO2S. The van der Waals surface area contributed by atoms with Gasteiger partial charge in [-0.25, -0.2) is 0 Å². The Bertz CT molecular complexity index is 962. The van der Waals surface area contributed by atoms with E-state index in [4.69, 9.17) is 4.74 Å². The predicted molar refractivity (Wildman–Crippen MR) is 111 cm³/mol. The van der Waals surface area contributed by atoms with Crippen LogP contribution in [0.2, 0.25) is 0 Å².